The lowest BCUT2D eigenvalue weighted by atomic mass is 9.89. The van der Waals surface area contributed by atoms with Crippen LogP contribution < -0.4 is 4.74 Å². The molecule has 3 rings (SSSR count). The third kappa shape index (κ3) is 5.16. The predicted octanol–water partition coefficient (Wildman–Crippen LogP) is 6.90. The van der Waals surface area contributed by atoms with Crippen LogP contribution in [-0.4, -0.2) is 11.2 Å². The molecule has 1 unspecified atom stereocenters. The van der Waals surface area contributed by atoms with E-state index < -0.39 is 17.8 Å². The summed E-state index contributed by atoms with van der Waals surface area (Å²) in [5.74, 6) is 0.516. The molecule has 0 radical (unpaired) electrons. The molecule has 1 aliphatic carbocycles. The van der Waals surface area contributed by atoms with Crippen molar-refractivity contribution in [3.8, 4) is 5.75 Å². The SMILES string of the molecule is CC.CC1CCC(Oc2ccc3cc(C(C)O)ccc3c2C(F)(F)F)CC1. The van der Waals surface area contributed by atoms with Gasteiger partial charge in [-0.25, -0.2) is 0 Å². The van der Waals surface area contributed by atoms with Crippen LogP contribution in [-0.2, 0) is 6.18 Å². The first-order valence-electron chi connectivity index (χ1n) is 9.74. The van der Waals surface area contributed by atoms with Gasteiger partial charge in [0.2, 0.25) is 0 Å². The summed E-state index contributed by atoms with van der Waals surface area (Å²) in [4.78, 5) is 0. The van der Waals surface area contributed by atoms with Gasteiger partial charge in [0.1, 0.15) is 11.3 Å². The highest BCUT2D eigenvalue weighted by molar-refractivity contribution is 5.89. The highest BCUT2D eigenvalue weighted by atomic mass is 19.4. The second-order valence-electron chi connectivity index (χ2n) is 7.09. The van der Waals surface area contributed by atoms with Gasteiger partial charge in [-0.2, -0.15) is 13.2 Å². The number of halogens is 3. The van der Waals surface area contributed by atoms with Crippen molar-refractivity contribution in [1.29, 1.82) is 0 Å². The quantitative estimate of drug-likeness (QED) is 0.626. The van der Waals surface area contributed by atoms with E-state index in [2.05, 4.69) is 6.92 Å². The molecular weight excluding hydrogens is 353 g/mol. The van der Waals surface area contributed by atoms with Crippen molar-refractivity contribution in [2.24, 2.45) is 5.92 Å². The van der Waals surface area contributed by atoms with E-state index in [0.29, 0.717) is 16.9 Å². The normalized spacial score (nSPS) is 21.3. The molecule has 1 N–H and O–H groups in total. The summed E-state index contributed by atoms with van der Waals surface area (Å²) >= 11 is 0. The monoisotopic (exact) mass is 382 g/mol. The predicted molar refractivity (Wildman–Crippen MR) is 103 cm³/mol. The van der Waals surface area contributed by atoms with Gasteiger partial charge in [0.25, 0.3) is 0 Å². The number of aliphatic hydroxyl groups is 1. The van der Waals surface area contributed by atoms with Gasteiger partial charge < -0.3 is 9.84 Å². The lowest BCUT2D eigenvalue weighted by molar-refractivity contribution is -0.138. The maximum atomic E-state index is 13.7. The number of alkyl halides is 3. The van der Waals surface area contributed by atoms with Crippen LogP contribution in [0.4, 0.5) is 13.2 Å². The fraction of sp³-hybridized carbons (Fsp3) is 0.545. The minimum Gasteiger partial charge on any atom is -0.490 e. The average Bonchev–Trinajstić information content (AvgIpc) is 2.63. The Hall–Kier alpha value is -1.75. The number of fused-ring (bicyclic) bond motifs is 1. The molecule has 0 spiro atoms. The molecule has 0 amide bonds. The van der Waals surface area contributed by atoms with Crippen molar-refractivity contribution < 1.29 is 23.0 Å². The van der Waals surface area contributed by atoms with Gasteiger partial charge in [0.05, 0.1) is 12.2 Å². The Morgan fingerprint density at radius 1 is 1.04 bits per heavy atom. The third-order valence-electron chi connectivity index (χ3n) is 5.03. The summed E-state index contributed by atoms with van der Waals surface area (Å²) in [5.41, 5.74) is -0.128. The lowest BCUT2D eigenvalue weighted by Gasteiger charge is -2.28. The van der Waals surface area contributed by atoms with Crippen LogP contribution in [0.3, 0.4) is 0 Å². The summed E-state index contributed by atoms with van der Waals surface area (Å²) in [5, 5.41) is 10.2. The highest BCUT2D eigenvalue weighted by Crippen LogP contribution is 2.43. The van der Waals surface area contributed by atoms with Crippen molar-refractivity contribution in [1.82, 2.24) is 0 Å². The zero-order chi connectivity index (χ0) is 20.2. The molecule has 2 aromatic rings. The van der Waals surface area contributed by atoms with Crippen LogP contribution in [0.25, 0.3) is 10.8 Å². The maximum absolute atomic E-state index is 13.7. The minimum atomic E-state index is -4.50. The Balaban J connectivity index is 0.00000126. The van der Waals surface area contributed by atoms with Crippen molar-refractivity contribution in [2.45, 2.75) is 71.8 Å². The van der Waals surface area contributed by atoms with Gasteiger partial charge in [-0.1, -0.05) is 39.0 Å². The molecule has 1 fully saturated rings. The Kier molecular flexibility index (Phi) is 7.15. The summed E-state index contributed by atoms with van der Waals surface area (Å²) < 4.78 is 47.0. The molecule has 0 aromatic heterocycles. The fourth-order valence-electron chi connectivity index (χ4n) is 3.51. The molecule has 1 atom stereocenters. The number of hydrogen-bond acceptors (Lipinski definition) is 2. The molecule has 2 aromatic carbocycles. The summed E-state index contributed by atoms with van der Waals surface area (Å²) in [6.07, 6.45) is -1.84. The Morgan fingerprint density at radius 3 is 2.22 bits per heavy atom. The van der Waals surface area contributed by atoms with E-state index in [1.807, 2.05) is 13.8 Å². The fourth-order valence-corrected chi connectivity index (χ4v) is 3.51. The minimum absolute atomic E-state index is 0.0932. The van der Waals surface area contributed by atoms with Crippen LogP contribution in [0.15, 0.2) is 30.3 Å². The molecule has 0 bridgehead atoms. The summed E-state index contributed by atoms with van der Waals surface area (Å²) in [6.45, 7) is 7.75. The zero-order valence-electron chi connectivity index (χ0n) is 16.4. The van der Waals surface area contributed by atoms with E-state index in [1.54, 1.807) is 19.1 Å². The van der Waals surface area contributed by atoms with Crippen LogP contribution in [0, 0.1) is 5.92 Å². The van der Waals surface area contributed by atoms with E-state index in [0.717, 1.165) is 25.7 Å². The molecule has 1 aliphatic rings. The standard InChI is InChI=1S/C20H23F3O2.C2H6/c1-12-3-7-16(8-4-12)25-18-10-6-15-11-14(13(2)24)5-9-17(15)19(18)20(21,22)23;1-2/h5-6,9-13,16,24H,3-4,7-8H2,1-2H3;1-2H3. The number of ether oxygens (including phenoxy) is 1. The van der Waals surface area contributed by atoms with Gasteiger partial charge in [0, 0.05) is 0 Å². The van der Waals surface area contributed by atoms with Crippen LogP contribution >= 0.6 is 0 Å². The number of aliphatic hydroxyl groups excluding tert-OH is 1. The molecule has 0 aliphatic heterocycles. The van der Waals surface area contributed by atoms with Gasteiger partial charge in [-0.05, 0) is 67.0 Å². The molecule has 2 nitrogen and oxygen atoms in total. The van der Waals surface area contributed by atoms with E-state index in [4.69, 9.17) is 4.74 Å². The lowest BCUT2D eigenvalue weighted by Crippen LogP contribution is -2.24. The first-order valence-corrected chi connectivity index (χ1v) is 9.74. The average molecular weight is 382 g/mol. The van der Waals surface area contributed by atoms with Crippen molar-refractivity contribution in [3.63, 3.8) is 0 Å². The van der Waals surface area contributed by atoms with Gasteiger partial charge in [0.15, 0.2) is 0 Å². The van der Waals surface area contributed by atoms with Gasteiger partial charge in [-0.3, -0.25) is 0 Å². The Morgan fingerprint density at radius 2 is 1.67 bits per heavy atom. The smallest absolute Gasteiger partial charge is 0.420 e. The van der Waals surface area contributed by atoms with Crippen molar-refractivity contribution in [3.05, 3.63) is 41.5 Å². The second-order valence-corrected chi connectivity index (χ2v) is 7.09. The first kappa shape index (κ1) is 21.5. The van der Waals surface area contributed by atoms with Gasteiger partial charge in [-0.15, -0.1) is 0 Å². The van der Waals surface area contributed by atoms with Crippen LogP contribution in [0.2, 0.25) is 0 Å². The Labute approximate surface area is 159 Å². The molecular formula is C22H29F3O2. The topological polar surface area (TPSA) is 29.5 Å². The molecule has 1 saturated carbocycles. The van der Waals surface area contributed by atoms with E-state index in [-0.39, 0.29) is 17.2 Å². The summed E-state index contributed by atoms with van der Waals surface area (Å²) in [7, 11) is 0. The van der Waals surface area contributed by atoms with Crippen LogP contribution in [0.1, 0.15) is 70.6 Å². The maximum Gasteiger partial charge on any atom is 0.420 e. The first-order chi connectivity index (χ1) is 12.8. The zero-order valence-corrected chi connectivity index (χ0v) is 16.4. The van der Waals surface area contributed by atoms with E-state index in [9.17, 15) is 18.3 Å². The van der Waals surface area contributed by atoms with E-state index in [1.165, 1.54) is 18.2 Å². The number of hydrogen-bond donors (Lipinski definition) is 1. The summed E-state index contributed by atoms with van der Waals surface area (Å²) in [6, 6.07) is 7.61. The Bertz CT molecular complexity index is 745. The molecule has 27 heavy (non-hydrogen) atoms. The van der Waals surface area contributed by atoms with Crippen molar-refractivity contribution >= 4 is 10.8 Å². The number of benzene rings is 2. The molecule has 150 valence electrons. The third-order valence-corrected chi connectivity index (χ3v) is 5.03. The van der Waals surface area contributed by atoms with Crippen molar-refractivity contribution in [2.75, 3.05) is 0 Å². The van der Waals surface area contributed by atoms with E-state index >= 15 is 0 Å². The number of rotatable bonds is 3. The van der Waals surface area contributed by atoms with Crippen LogP contribution in [0.5, 0.6) is 5.75 Å². The largest absolute Gasteiger partial charge is 0.490 e. The highest BCUT2D eigenvalue weighted by Gasteiger charge is 2.37. The molecule has 0 heterocycles. The second kappa shape index (κ2) is 8.96. The van der Waals surface area contributed by atoms with Gasteiger partial charge >= 0.3 is 6.18 Å². The molecule has 0 saturated heterocycles. The molecule has 5 heteroatoms.